The molecule has 0 fully saturated rings. The molecule has 0 aromatic rings. The van der Waals surface area contributed by atoms with Crippen molar-refractivity contribution in [2.24, 2.45) is 4.99 Å². The highest BCUT2D eigenvalue weighted by molar-refractivity contribution is 8.12. The van der Waals surface area contributed by atoms with Gasteiger partial charge in [0.25, 0.3) is 0 Å². The second kappa shape index (κ2) is 2.12. The number of nitrogens with zero attached hydrogens (tertiary/aromatic N) is 1. The van der Waals surface area contributed by atoms with Crippen molar-refractivity contribution >= 4 is 23.6 Å². The van der Waals surface area contributed by atoms with Gasteiger partial charge in [0, 0.05) is 5.75 Å². The van der Waals surface area contributed by atoms with Crippen LogP contribution in [-0.4, -0.2) is 23.6 Å². The fourth-order valence-corrected chi connectivity index (χ4v) is 1.07. The SMILES string of the molecule is O=CC1CSC=N1. The van der Waals surface area contributed by atoms with Crippen LogP contribution in [0.25, 0.3) is 0 Å². The van der Waals surface area contributed by atoms with E-state index in [0.29, 0.717) is 0 Å². The Balaban J connectivity index is 2.42. The van der Waals surface area contributed by atoms with Crippen LogP contribution in [0.2, 0.25) is 0 Å². The molecule has 0 aromatic heterocycles. The van der Waals surface area contributed by atoms with Gasteiger partial charge in [-0.1, -0.05) is 0 Å². The van der Waals surface area contributed by atoms with Crippen LogP contribution >= 0.6 is 11.8 Å². The molecule has 3 heteroatoms. The number of aldehydes is 1. The zero-order chi connectivity index (χ0) is 5.11. The van der Waals surface area contributed by atoms with Crippen molar-refractivity contribution in [2.75, 3.05) is 5.75 Å². The van der Waals surface area contributed by atoms with E-state index in [9.17, 15) is 4.79 Å². The monoisotopic (exact) mass is 115 g/mol. The summed E-state index contributed by atoms with van der Waals surface area (Å²) in [5.41, 5.74) is 1.72. The van der Waals surface area contributed by atoms with Crippen LogP contribution in [0.15, 0.2) is 4.99 Å². The molecular formula is C4H5NOS. The van der Waals surface area contributed by atoms with Gasteiger partial charge >= 0.3 is 0 Å². The van der Waals surface area contributed by atoms with Gasteiger partial charge in [-0.25, -0.2) is 0 Å². The highest BCUT2D eigenvalue weighted by Crippen LogP contribution is 2.07. The minimum Gasteiger partial charge on any atom is -0.301 e. The number of rotatable bonds is 1. The molecule has 0 saturated heterocycles. The summed E-state index contributed by atoms with van der Waals surface area (Å²) in [6.07, 6.45) is 0.872. The third kappa shape index (κ3) is 1.03. The van der Waals surface area contributed by atoms with Gasteiger partial charge in [0.15, 0.2) is 0 Å². The number of carbonyl (C=O) groups is 1. The molecule has 1 atom stereocenters. The second-order valence-electron chi connectivity index (χ2n) is 1.29. The molecule has 0 bridgehead atoms. The Bertz CT molecular complexity index is 102. The summed E-state index contributed by atoms with van der Waals surface area (Å²) in [6, 6.07) is -0.0509. The minimum atomic E-state index is -0.0509. The van der Waals surface area contributed by atoms with E-state index in [-0.39, 0.29) is 6.04 Å². The van der Waals surface area contributed by atoms with E-state index < -0.39 is 0 Å². The lowest BCUT2D eigenvalue weighted by Gasteiger charge is -1.86. The first-order valence-electron chi connectivity index (χ1n) is 2.02. The first kappa shape index (κ1) is 4.84. The average Bonchev–Trinajstić information content (AvgIpc) is 2.14. The van der Waals surface area contributed by atoms with E-state index in [1.165, 1.54) is 0 Å². The largest absolute Gasteiger partial charge is 0.301 e. The van der Waals surface area contributed by atoms with Crippen LogP contribution < -0.4 is 0 Å². The molecule has 0 radical (unpaired) electrons. The summed E-state index contributed by atoms with van der Waals surface area (Å²) in [6.45, 7) is 0. The number of carbonyl (C=O) groups excluding carboxylic acids is 1. The maximum Gasteiger partial charge on any atom is 0.145 e. The van der Waals surface area contributed by atoms with E-state index in [1.807, 2.05) is 0 Å². The van der Waals surface area contributed by atoms with E-state index in [2.05, 4.69) is 4.99 Å². The van der Waals surface area contributed by atoms with Crippen molar-refractivity contribution < 1.29 is 4.79 Å². The molecule has 0 amide bonds. The van der Waals surface area contributed by atoms with Crippen molar-refractivity contribution in [1.29, 1.82) is 0 Å². The lowest BCUT2D eigenvalue weighted by Crippen LogP contribution is -2.03. The fraction of sp³-hybridized carbons (Fsp3) is 0.500. The Labute approximate surface area is 46.0 Å². The summed E-state index contributed by atoms with van der Waals surface area (Å²) in [4.78, 5) is 13.7. The standard InChI is InChI=1S/C4H5NOS/c6-1-4-2-7-3-5-4/h1,3-4H,2H2. The maximum absolute atomic E-state index is 9.88. The van der Waals surface area contributed by atoms with Gasteiger partial charge in [-0.3, -0.25) is 4.99 Å². The van der Waals surface area contributed by atoms with Crippen LogP contribution in [-0.2, 0) is 4.79 Å². The lowest BCUT2D eigenvalue weighted by molar-refractivity contribution is -0.108. The summed E-state index contributed by atoms with van der Waals surface area (Å²) >= 11 is 1.58. The highest BCUT2D eigenvalue weighted by atomic mass is 32.2. The molecule has 38 valence electrons. The van der Waals surface area contributed by atoms with Gasteiger partial charge in [-0.05, 0) is 0 Å². The molecule has 0 aliphatic carbocycles. The predicted molar refractivity (Wildman–Crippen MR) is 30.8 cm³/mol. The van der Waals surface area contributed by atoms with E-state index in [1.54, 1.807) is 17.3 Å². The lowest BCUT2D eigenvalue weighted by atomic mass is 10.4. The topological polar surface area (TPSA) is 29.4 Å². The predicted octanol–water partition coefficient (Wildman–Crippen LogP) is 0.329. The van der Waals surface area contributed by atoms with Crippen molar-refractivity contribution in [3.8, 4) is 0 Å². The van der Waals surface area contributed by atoms with E-state index >= 15 is 0 Å². The molecule has 0 saturated carbocycles. The van der Waals surface area contributed by atoms with Crippen molar-refractivity contribution in [1.82, 2.24) is 0 Å². The number of hydrogen-bond donors (Lipinski definition) is 0. The normalized spacial score (nSPS) is 28.3. The number of aliphatic imine (C=N–C) groups is 1. The van der Waals surface area contributed by atoms with Crippen LogP contribution in [0.3, 0.4) is 0 Å². The molecular weight excluding hydrogens is 110 g/mol. The molecule has 7 heavy (non-hydrogen) atoms. The molecule has 0 spiro atoms. The van der Waals surface area contributed by atoms with Crippen LogP contribution in [0, 0.1) is 0 Å². The van der Waals surface area contributed by atoms with Gasteiger partial charge < -0.3 is 4.79 Å². The first-order chi connectivity index (χ1) is 3.43. The average molecular weight is 115 g/mol. The summed E-state index contributed by atoms with van der Waals surface area (Å²) in [5, 5.41) is 0. The Morgan fingerprint density at radius 2 is 2.86 bits per heavy atom. The summed E-state index contributed by atoms with van der Waals surface area (Å²) in [5.74, 6) is 0.837. The zero-order valence-corrected chi connectivity index (χ0v) is 4.52. The van der Waals surface area contributed by atoms with Crippen molar-refractivity contribution in [2.45, 2.75) is 6.04 Å². The van der Waals surface area contributed by atoms with Gasteiger partial charge in [0.1, 0.15) is 12.3 Å². The molecule has 0 aromatic carbocycles. The smallest absolute Gasteiger partial charge is 0.145 e. The number of thioether (sulfide) groups is 1. The van der Waals surface area contributed by atoms with Crippen molar-refractivity contribution in [3.05, 3.63) is 0 Å². The molecule has 0 N–H and O–H groups in total. The zero-order valence-electron chi connectivity index (χ0n) is 3.70. The third-order valence-corrected chi connectivity index (χ3v) is 1.56. The Morgan fingerprint density at radius 1 is 2.00 bits per heavy atom. The minimum absolute atomic E-state index is 0.0509. The molecule has 1 rings (SSSR count). The van der Waals surface area contributed by atoms with E-state index in [4.69, 9.17) is 0 Å². The van der Waals surface area contributed by atoms with Gasteiger partial charge in [0.2, 0.25) is 0 Å². The van der Waals surface area contributed by atoms with Gasteiger partial charge in [-0.15, -0.1) is 11.8 Å². The Morgan fingerprint density at radius 3 is 3.14 bits per heavy atom. The summed E-state index contributed by atoms with van der Waals surface area (Å²) in [7, 11) is 0. The molecule has 1 heterocycles. The quantitative estimate of drug-likeness (QED) is 0.461. The fourth-order valence-electron chi connectivity index (χ4n) is 0.380. The summed E-state index contributed by atoms with van der Waals surface area (Å²) < 4.78 is 0. The Hall–Kier alpha value is -0.310. The molecule has 1 aliphatic heterocycles. The molecule has 1 unspecified atom stereocenters. The second-order valence-corrected chi connectivity index (χ2v) is 2.17. The van der Waals surface area contributed by atoms with Crippen molar-refractivity contribution in [3.63, 3.8) is 0 Å². The van der Waals surface area contributed by atoms with Crippen LogP contribution in [0.4, 0.5) is 0 Å². The first-order valence-corrected chi connectivity index (χ1v) is 3.07. The highest BCUT2D eigenvalue weighted by Gasteiger charge is 2.06. The van der Waals surface area contributed by atoms with Gasteiger partial charge in [-0.2, -0.15) is 0 Å². The molecule has 1 aliphatic rings. The third-order valence-electron chi connectivity index (χ3n) is 0.751. The molecule has 2 nitrogen and oxygen atoms in total. The Kier molecular flexibility index (Phi) is 1.46. The maximum atomic E-state index is 9.88. The van der Waals surface area contributed by atoms with E-state index in [0.717, 1.165) is 12.0 Å². The van der Waals surface area contributed by atoms with Gasteiger partial charge in [0.05, 0.1) is 5.55 Å². The van der Waals surface area contributed by atoms with Crippen LogP contribution in [0.1, 0.15) is 0 Å². The number of hydrogen-bond acceptors (Lipinski definition) is 3. The van der Waals surface area contributed by atoms with Crippen LogP contribution in [0.5, 0.6) is 0 Å².